The zero-order chi connectivity index (χ0) is 43.3. The van der Waals surface area contributed by atoms with Gasteiger partial charge in [0, 0.05) is 12.8 Å². The van der Waals surface area contributed by atoms with E-state index >= 15 is 0 Å². The Balaban J connectivity index is 4.11. The quantitative estimate of drug-likeness (QED) is 0.0306. The number of carbonyl (C=O) groups is 2. The van der Waals surface area contributed by atoms with Gasteiger partial charge in [-0.2, -0.15) is 0 Å². The molecule has 0 aromatic carbocycles. The fourth-order valence-corrected chi connectivity index (χ4v) is 8.20. The summed E-state index contributed by atoms with van der Waals surface area (Å²) >= 11 is 0. The molecule has 0 aliphatic rings. The van der Waals surface area contributed by atoms with E-state index in [2.05, 4.69) is 13.8 Å². The molecule has 3 N–H and O–H groups in total. The highest BCUT2D eigenvalue weighted by Gasteiger charge is 2.27. The summed E-state index contributed by atoms with van der Waals surface area (Å²) in [6.45, 7) is 2.44. The first-order valence-corrected chi connectivity index (χ1v) is 26.5. The molecular weight excluding hydrogens is 767 g/mol. The van der Waals surface area contributed by atoms with Gasteiger partial charge in [0.15, 0.2) is 6.10 Å². The van der Waals surface area contributed by atoms with Gasteiger partial charge in [0.05, 0.1) is 19.8 Å². The van der Waals surface area contributed by atoms with E-state index in [1.165, 1.54) is 186 Å². The van der Waals surface area contributed by atoms with Crippen LogP contribution in [-0.2, 0) is 32.7 Å². The standard InChI is InChI=1S/C48H95O10P/c1-3-5-7-9-11-13-15-17-19-20-21-22-23-24-25-26-28-30-32-34-36-38-40-48(52)58-46(44-57-59(53,54)56-42-45(50)41-49)43-55-47(51)39-37-35-33-31-29-27-18-16-14-12-10-8-6-4-2/h45-46,49-50H,3-44H2,1-2H3,(H,53,54)/t45-,46+/m0/s1. The zero-order valence-electron chi connectivity index (χ0n) is 38.5. The largest absolute Gasteiger partial charge is 0.472 e. The molecule has 0 rings (SSSR count). The number of hydrogen-bond donors (Lipinski definition) is 3. The average molecular weight is 863 g/mol. The van der Waals surface area contributed by atoms with E-state index in [0.29, 0.717) is 12.8 Å². The van der Waals surface area contributed by atoms with E-state index in [0.717, 1.165) is 32.1 Å². The van der Waals surface area contributed by atoms with Crippen LogP contribution in [0.25, 0.3) is 0 Å². The van der Waals surface area contributed by atoms with Crippen LogP contribution >= 0.6 is 7.82 Å². The smallest absolute Gasteiger partial charge is 0.462 e. The van der Waals surface area contributed by atoms with Crippen LogP contribution in [0.15, 0.2) is 0 Å². The van der Waals surface area contributed by atoms with Crippen molar-refractivity contribution >= 4 is 19.8 Å². The van der Waals surface area contributed by atoms with Gasteiger partial charge in [0.2, 0.25) is 0 Å². The van der Waals surface area contributed by atoms with Crippen LogP contribution in [0.3, 0.4) is 0 Å². The van der Waals surface area contributed by atoms with Crippen molar-refractivity contribution in [1.82, 2.24) is 0 Å². The highest BCUT2D eigenvalue weighted by atomic mass is 31.2. The van der Waals surface area contributed by atoms with Gasteiger partial charge in [0.25, 0.3) is 0 Å². The molecule has 0 aliphatic carbocycles. The van der Waals surface area contributed by atoms with Crippen molar-refractivity contribution in [3.05, 3.63) is 0 Å². The Kier molecular flexibility index (Phi) is 44.2. The SMILES string of the molecule is CCCCCCCCCCCCCCCCCCCCCCCCC(=O)O[C@H](COC(=O)CCCCCCCCCCCCCCCC)COP(=O)(O)OC[C@@H](O)CO. The fourth-order valence-electron chi connectivity index (χ4n) is 7.41. The average Bonchev–Trinajstić information content (AvgIpc) is 3.22. The predicted molar refractivity (Wildman–Crippen MR) is 242 cm³/mol. The minimum absolute atomic E-state index is 0.193. The molecule has 0 spiro atoms. The molecule has 0 aromatic heterocycles. The molecule has 3 atom stereocenters. The molecular formula is C48H95O10P. The van der Waals surface area contributed by atoms with Gasteiger partial charge >= 0.3 is 19.8 Å². The summed E-state index contributed by atoms with van der Waals surface area (Å²) in [6.07, 6.45) is 43.6. The molecule has 0 aliphatic heterocycles. The van der Waals surface area contributed by atoms with Gasteiger partial charge in [0.1, 0.15) is 12.7 Å². The number of carbonyl (C=O) groups excluding carboxylic acids is 2. The second kappa shape index (κ2) is 45.0. The maximum absolute atomic E-state index is 12.7. The minimum Gasteiger partial charge on any atom is -0.462 e. The van der Waals surface area contributed by atoms with Crippen molar-refractivity contribution in [2.24, 2.45) is 0 Å². The molecule has 10 nitrogen and oxygen atoms in total. The Morgan fingerprint density at radius 2 is 0.729 bits per heavy atom. The molecule has 11 heteroatoms. The van der Waals surface area contributed by atoms with Crippen LogP contribution in [0, 0.1) is 0 Å². The molecule has 0 amide bonds. The molecule has 0 saturated heterocycles. The van der Waals surface area contributed by atoms with Gasteiger partial charge in [-0.25, -0.2) is 4.57 Å². The summed E-state index contributed by atoms with van der Waals surface area (Å²) in [4.78, 5) is 35.1. The van der Waals surface area contributed by atoms with Crippen LogP contribution in [0.2, 0.25) is 0 Å². The maximum atomic E-state index is 12.7. The highest BCUT2D eigenvalue weighted by molar-refractivity contribution is 7.47. The Labute approximate surface area is 363 Å². The monoisotopic (exact) mass is 863 g/mol. The van der Waals surface area contributed by atoms with Crippen molar-refractivity contribution in [2.45, 2.75) is 270 Å². The second-order valence-electron chi connectivity index (χ2n) is 17.2. The van der Waals surface area contributed by atoms with Crippen molar-refractivity contribution in [2.75, 3.05) is 26.4 Å². The summed E-state index contributed by atoms with van der Waals surface area (Å²) < 4.78 is 32.8. The first-order chi connectivity index (χ1) is 28.7. The molecule has 0 saturated carbocycles. The van der Waals surface area contributed by atoms with Gasteiger partial charge in [-0.05, 0) is 12.8 Å². The number of esters is 2. The molecule has 59 heavy (non-hydrogen) atoms. The third-order valence-corrected chi connectivity index (χ3v) is 12.2. The summed E-state index contributed by atoms with van der Waals surface area (Å²) in [5.41, 5.74) is 0. The van der Waals surface area contributed by atoms with Crippen LogP contribution < -0.4 is 0 Å². The third kappa shape index (κ3) is 44.8. The van der Waals surface area contributed by atoms with Crippen LogP contribution in [0.1, 0.15) is 258 Å². The molecule has 0 fully saturated rings. The first kappa shape index (κ1) is 58.0. The Morgan fingerprint density at radius 3 is 1.05 bits per heavy atom. The van der Waals surface area contributed by atoms with E-state index < -0.39 is 51.8 Å². The minimum atomic E-state index is -4.61. The molecule has 0 aromatic rings. The zero-order valence-corrected chi connectivity index (χ0v) is 39.4. The maximum Gasteiger partial charge on any atom is 0.472 e. The van der Waals surface area contributed by atoms with E-state index in [1.54, 1.807) is 0 Å². The van der Waals surface area contributed by atoms with E-state index in [4.69, 9.17) is 23.6 Å². The molecule has 1 unspecified atom stereocenters. The highest BCUT2D eigenvalue weighted by Crippen LogP contribution is 2.43. The number of phosphoric acid groups is 1. The molecule has 0 heterocycles. The molecule has 0 bridgehead atoms. The topological polar surface area (TPSA) is 149 Å². The first-order valence-electron chi connectivity index (χ1n) is 25.0. The van der Waals surface area contributed by atoms with Crippen LogP contribution in [-0.4, -0.2) is 65.7 Å². The number of hydrogen-bond acceptors (Lipinski definition) is 9. The van der Waals surface area contributed by atoms with Gasteiger partial charge < -0.3 is 24.6 Å². The lowest BCUT2D eigenvalue weighted by Gasteiger charge is -2.20. The number of ether oxygens (including phenoxy) is 2. The lowest BCUT2D eigenvalue weighted by molar-refractivity contribution is -0.161. The van der Waals surface area contributed by atoms with Crippen molar-refractivity contribution in [1.29, 1.82) is 0 Å². The predicted octanol–water partition coefficient (Wildman–Crippen LogP) is 13.8. The Morgan fingerprint density at radius 1 is 0.441 bits per heavy atom. The van der Waals surface area contributed by atoms with Crippen molar-refractivity contribution < 1.29 is 47.8 Å². The summed E-state index contributed by atoms with van der Waals surface area (Å²) in [5, 5.41) is 18.4. The lowest BCUT2D eigenvalue weighted by atomic mass is 10.0. The lowest BCUT2D eigenvalue weighted by Crippen LogP contribution is -2.29. The summed E-state index contributed by atoms with van der Waals surface area (Å²) in [6, 6.07) is 0. The number of aliphatic hydroxyl groups excluding tert-OH is 2. The normalized spacial score (nSPS) is 13.6. The number of aliphatic hydroxyl groups is 2. The molecule has 0 radical (unpaired) electrons. The van der Waals surface area contributed by atoms with E-state index in [-0.39, 0.29) is 19.4 Å². The summed E-state index contributed by atoms with van der Waals surface area (Å²) in [5.74, 6) is -0.904. The van der Waals surface area contributed by atoms with Crippen molar-refractivity contribution in [3.63, 3.8) is 0 Å². The fraction of sp³-hybridized carbons (Fsp3) is 0.958. The van der Waals surface area contributed by atoms with Gasteiger partial charge in [-0.15, -0.1) is 0 Å². The second-order valence-corrected chi connectivity index (χ2v) is 18.7. The van der Waals surface area contributed by atoms with Gasteiger partial charge in [-0.1, -0.05) is 232 Å². The number of phosphoric ester groups is 1. The van der Waals surface area contributed by atoms with E-state index in [1.807, 2.05) is 0 Å². The van der Waals surface area contributed by atoms with Crippen LogP contribution in [0.5, 0.6) is 0 Å². The molecule has 352 valence electrons. The third-order valence-electron chi connectivity index (χ3n) is 11.3. The van der Waals surface area contributed by atoms with Gasteiger partial charge in [-0.3, -0.25) is 18.6 Å². The number of unbranched alkanes of at least 4 members (excludes halogenated alkanes) is 34. The van der Waals surface area contributed by atoms with Crippen molar-refractivity contribution in [3.8, 4) is 0 Å². The van der Waals surface area contributed by atoms with Crippen LogP contribution in [0.4, 0.5) is 0 Å². The summed E-state index contributed by atoms with van der Waals surface area (Å²) in [7, 11) is -4.61. The number of rotatable bonds is 48. The Hall–Kier alpha value is -1.03. The Bertz CT molecular complexity index is 951. The van der Waals surface area contributed by atoms with E-state index in [9.17, 15) is 24.2 Å².